The third kappa shape index (κ3) is 4.55. The van der Waals surface area contributed by atoms with Crippen LogP contribution < -0.4 is 5.32 Å². The van der Waals surface area contributed by atoms with Crippen molar-refractivity contribution in [2.24, 2.45) is 0 Å². The molecule has 0 unspecified atom stereocenters. The number of rotatable bonds is 8. The molecular weight excluding hydrogens is 252 g/mol. The number of hydrogen-bond acceptors (Lipinski definition) is 5. The zero-order valence-electron chi connectivity index (χ0n) is 10.6. The van der Waals surface area contributed by atoms with E-state index < -0.39 is 16.6 Å². The summed E-state index contributed by atoms with van der Waals surface area (Å²) in [7, 11) is 0. The number of anilines is 1. The molecule has 0 saturated heterocycles. The van der Waals surface area contributed by atoms with E-state index in [0.29, 0.717) is 25.4 Å². The van der Waals surface area contributed by atoms with Crippen LogP contribution in [0.15, 0.2) is 18.2 Å². The van der Waals surface area contributed by atoms with Gasteiger partial charge in [0.1, 0.15) is 5.56 Å². The van der Waals surface area contributed by atoms with E-state index >= 15 is 0 Å². The van der Waals surface area contributed by atoms with Crippen molar-refractivity contribution in [3.8, 4) is 0 Å². The molecule has 0 spiro atoms. The lowest BCUT2D eigenvalue weighted by molar-refractivity contribution is -0.385. The molecular formula is C12H16N2O5. The Morgan fingerprint density at radius 3 is 2.84 bits per heavy atom. The van der Waals surface area contributed by atoms with E-state index in [9.17, 15) is 14.9 Å². The first kappa shape index (κ1) is 14.9. The summed E-state index contributed by atoms with van der Waals surface area (Å²) >= 11 is 0. The van der Waals surface area contributed by atoms with Crippen LogP contribution in [0.3, 0.4) is 0 Å². The number of aromatic carboxylic acids is 1. The van der Waals surface area contributed by atoms with Crippen molar-refractivity contribution in [2.75, 3.05) is 25.1 Å². The number of nitrogens with one attached hydrogen (secondary N) is 1. The molecule has 1 rings (SSSR count). The van der Waals surface area contributed by atoms with Crippen LogP contribution in [0.4, 0.5) is 11.4 Å². The van der Waals surface area contributed by atoms with Crippen LogP contribution in [0, 0.1) is 10.1 Å². The van der Waals surface area contributed by atoms with Crippen molar-refractivity contribution in [2.45, 2.75) is 13.3 Å². The third-order valence-electron chi connectivity index (χ3n) is 2.42. The second-order valence-corrected chi connectivity index (χ2v) is 3.77. The average Bonchev–Trinajstić information content (AvgIpc) is 2.38. The van der Waals surface area contributed by atoms with Crippen molar-refractivity contribution >= 4 is 17.3 Å². The van der Waals surface area contributed by atoms with E-state index in [1.54, 1.807) is 0 Å². The molecule has 0 aliphatic rings. The van der Waals surface area contributed by atoms with Gasteiger partial charge in [-0.3, -0.25) is 10.1 Å². The SMILES string of the molecule is CCOCCCNc1ccc([N+](=O)[O-])c(C(=O)O)c1. The Hall–Kier alpha value is -2.15. The summed E-state index contributed by atoms with van der Waals surface area (Å²) in [4.78, 5) is 20.9. The molecule has 0 bridgehead atoms. The normalized spacial score (nSPS) is 10.2. The second kappa shape index (κ2) is 7.32. The Morgan fingerprint density at radius 1 is 1.53 bits per heavy atom. The average molecular weight is 268 g/mol. The lowest BCUT2D eigenvalue weighted by atomic mass is 10.1. The highest BCUT2D eigenvalue weighted by atomic mass is 16.6. The van der Waals surface area contributed by atoms with Gasteiger partial charge in [-0.1, -0.05) is 0 Å². The minimum absolute atomic E-state index is 0.320. The maximum atomic E-state index is 10.9. The van der Waals surface area contributed by atoms with Gasteiger partial charge in [-0.05, 0) is 25.5 Å². The third-order valence-corrected chi connectivity index (χ3v) is 2.42. The molecule has 2 N–H and O–H groups in total. The summed E-state index contributed by atoms with van der Waals surface area (Å²) in [5.41, 5.74) is -0.188. The Labute approximate surface area is 110 Å². The van der Waals surface area contributed by atoms with Gasteiger partial charge in [0.2, 0.25) is 0 Å². The van der Waals surface area contributed by atoms with Crippen LogP contribution in [0.1, 0.15) is 23.7 Å². The minimum atomic E-state index is -1.32. The molecule has 7 nitrogen and oxygen atoms in total. The van der Waals surface area contributed by atoms with Crippen LogP contribution in [0.25, 0.3) is 0 Å². The fourth-order valence-corrected chi connectivity index (χ4v) is 1.53. The van der Waals surface area contributed by atoms with E-state index in [-0.39, 0.29) is 5.56 Å². The maximum Gasteiger partial charge on any atom is 0.342 e. The highest BCUT2D eigenvalue weighted by molar-refractivity contribution is 5.93. The number of nitro benzene ring substituents is 1. The summed E-state index contributed by atoms with van der Waals surface area (Å²) in [6.07, 6.45) is 0.771. The molecule has 0 aliphatic carbocycles. The topological polar surface area (TPSA) is 102 Å². The Balaban J connectivity index is 2.68. The number of benzene rings is 1. The predicted octanol–water partition coefficient (Wildman–Crippen LogP) is 2.13. The molecule has 0 amide bonds. The molecule has 0 aliphatic heterocycles. The van der Waals surface area contributed by atoms with Crippen molar-refractivity contribution in [1.82, 2.24) is 0 Å². The molecule has 1 aromatic carbocycles. The number of nitro groups is 1. The van der Waals surface area contributed by atoms with Crippen LogP contribution >= 0.6 is 0 Å². The number of ether oxygens (including phenoxy) is 1. The van der Waals surface area contributed by atoms with Gasteiger partial charge in [0.25, 0.3) is 5.69 Å². The van der Waals surface area contributed by atoms with Crippen molar-refractivity contribution in [1.29, 1.82) is 0 Å². The number of carboxylic acid groups (broad SMARTS) is 1. The van der Waals surface area contributed by atoms with Gasteiger partial charge >= 0.3 is 5.97 Å². The second-order valence-electron chi connectivity index (χ2n) is 3.77. The van der Waals surface area contributed by atoms with E-state index in [2.05, 4.69) is 5.32 Å². The summed E-state index contributed by atoms with van der Waals surface area (Å²) in [6.45, 7) is 3.78. The molecule has 104 valence electrons. The van der Waals surface area contributed by atoms with E-state index in [4.69, 9.17) is 9.84 Å². The molecule has 0 atom stereocenters. The summed E-state index contributed by atoms with van der Waals surface area (Å²) in [6, 6.07) is 3.95. The van der Waals surface area contributed by atoms with Gasteiger partial charge in [-0.2, -0.15) is 0 Å². The molecule has 1 aromatic rings. The first-order chi connectivity index (χ1) is 9.06. The van der Waals surface area contributed by atoms with Crippen molar-refractivity contribution < 1.29 is 19.6 Å². The highest BCUT2D eigenvalue weighted by Crippen LogP contribution is 2.22. The van der Waals surface area contributed by atoms with Gasteiger partial charge in [0.05, 0.1) is 4.92 Å². The van der Waals surface area contributed by atoms with Gasteiger partial charge in [-0.15, -0.1) is 0 Å². The Morgan fingerprint density at radius 2 is 2.26 bits per heavy atom. The van der Waals surface area contributed by atoms with E-state index in [1.165, 1.54) is 18.2 Å². The lowest BCUT2D eigenvalue weighted by Gasteiger charge is -2.07. The zero-order chi connectivity index (χ0) is 14.3. The number of nitrogens with zero attached hydrogens (tertiary/aromatic N) is 1. The van der Waals surface area contributed by atoms with Gasteiger partial charge in [0.15, 0.2) is 0 Å². The van der Waals surface area contributed by atoms with Gasteiger partial charge < -0.3 is 15.2 Å². The minimum Gasteiger partial charge on any atom is -0.477 e. The molecule has 7 heteroatoms. The van der Waals surface area contributed by atoms with Crippen LogP contribution in [-0.2, 0) is 4.74 Å². The highest BCUT2D eigenvalue weighted by Gasteiger charge is 2.19. The molecule has 0 fully saturated rings. The monoisotopic (exact) mass is 268 g/mol. The molecule has 19 heavy (non-hydrogen) atoms. The Bertz CT molecular complexity index is 461. The van der Waals surface area contributed by atoms with Gasteiger partial charge in [0, 0.05) is 31.5 Å². The largest absolute Gasteiger partial charge is 0.477 e. The van der Waals surface area contributed by atoms with Crippen molar-refractivity contribution in [3.63, 3.8) is 0 Å². The van der Waals surface area contributed by atoms with Gasteiger partial charge in [-0.25, -0.2) is 4.79 Å². The van der Waals surface area contributed by atoms with Crippen LogP contribution in [0.5, 0.6) is 0 Å². The maximum absolute atomic E-state index is 10.9. The predicted molar refractivity (Wildman–Crippen MR) is 69.7 cm³/mol. The zero-order valence-corrected chi connectivity index (χ0v) is 10.6. The summed E-state index contributed by atoms with van der Waals surface area (Å²) in [5.74, 6) is -1.32. The molecule has 0 radical (unpaired) electrons. The number of carbonyl (C=O) groups is 1. The molecule has 0 saturated carbocycles. The van der Waals surface area contributed by atoms with Crippen molar-refractivity contribution in [3.05, 3.63) is 33.9 Å². The lowest BCUT2D eigenvalue weighted by Crippen LogP contribution is -2.08. The van der Waals surface area contributed by atoms with Crippen LogP contribution in [-0.4, -0.2) is 35.8 Å². The number of carboxylic acids is 1. The fraction of sp³-hybridized carbons (Fsp3) is 0.417. The Kier molecular flexibility index (Phi) is 5.74. The molecule has 0 aromatic heterocycles. The smallest absolute Gasteiger partial charge is 0.342 e. The first-order valence-corrected chi connectivity index (χ1v) is 5.89. The fourth-order valence-electron chi connectivity index (χ4n) is 1.53. The summed E-state index contributed by atoms with van der Waals surface area (Å²) < 4.78 is 5.16. The quantitative estimate of drug-likeness (QED) is 0.425. The van der Waals surface area contributed by atoms with E-state index in [0.717, 1.165) is 6.42 Å². The first-order valence-electron chi connectivity index (χ1n) is 5.89. The molecule has 0 heterocycles. The summed E-state index contributed by atoms with van der Waals surface area (Å²) in [5, 5.41) is 22.6. The standard InChI is InChI=1S/C12H16N2O5/c1-2-19-7-3-6-13-9-4-5-11(14(17)18)10(8-9)12(15)16/h4-5,8,13H,2-3,6-7H2,1H3,(H,15,16). The number of hydrogen-bond donors (Lipinski definition) is 2. The van der Waals surface area contributed by atoms with Crippen LogP contribution in [0.2, 0.25) is 0 Å². The van der Waals surface area contributed by atoms with E-state index in [1.807, 2.05) is 6.92 Å².